The van der Waals surface area contributed by atoms with E-state index in [0.717, 1.165) is 11.1 Å². The van der Waals surface area contributed by atoms with Crippen molar-refractivity contribution in [2.24, 2.45) is 11.5 Å². The normalized spacial score (nSPS) is 11.9. The Labute approximate surface area is 101 Å². The Morgan fingerprint density at radius 1 is 1.35 bits per heavy atom. The molecule has 0 unspecified atom stereocenters. The Kier molecular flexibility index (Phi) is 3.75. The van der Waals surface area contributed by atoms with Crippen LogP contribution in [0.4, 0.5) is 11.4 Å². The number of benzene rings is 1. The van der Waals surface area contributed by atoms with Gasteiger partial charge in [-0.3, -0.25) is 4.79 Å². The Morgan fingerprint density at radius 2 is 1.88 bits per heavy atom. The van der Waals surface area contributed by atoms with Crippen molar-refractivity contribution in [2.45, 2.75) is 20.0 Å². The molecule has 1 rings (SSSR count). The van der Waals surface area contributed by atoms with E-state index >= 15 is 0 Å². The molecule has 5 heteroatoms. The fourth-order valence-electron chi connectivity index (χ4n) is 1.37. The number of hydrogen-bond acceptors (Lipinski definition) is 4. The zero-order valence-electron chi connectivity index (χ0n) is 10.1. The van der Waals surface area contributed by atoms with Crippen LogP contribution >= 0.6 is 0 Å². The van der Waals surface area contributed by atoms with Gasteiger partial charge in [0.25, 0.3) is 0 Å². The number of aryl methyl sites for hydroxylation is 2. The lowest BCUT2D eigenvalue weighted by Gasteiger charge is -2.18. The van der Waals surface area contributed by atoms with Crippen molar-refractivity contribution in [2.75, 3.05) is 11.1 Å². The van der Waals surface area contributed by atoms with Gasteiger partial charge in [-0.2, -0.15) is 0 Å². The summed E-state index contributed by atoms with van der Waals surface area (Å²) in [5, 5.41) is 2.91. The predicted molar refractivity (Wildman–Crippen MR) is 70.3 cm³/mol. The maximum Gasteiger partial charge on any atom is 0.247 e. The summed E-state index contributed by atoms with van der Waals surface area (Å²) in [6.45, 7) is 7.45. The molecule has 0 bridgehead atoms. The maximum atomic E-state index is 10.9. The molecule has 0 heterocycles. The van der Waals surface area contributed by atoms with Gasteiger partial charge in [0, 0.05) is 5.57 Å². The largest absolute Gasteiger partial charge is 0.397 e. The fraction of sp³-hybridized carbons (Fsp3) is 0.250. The van der Waals surface area contributed by atoms with Crippen molar-refractivity contribution in [1.29, 1.82) is 0 Å². The number of nitrogens with one attached hydrogen (secondary N) is 1. The number of anilines is 2. The third-order valence-electron chi connectivity index (χ3n) is 2.67. The number of carbonyl (C=O) groups excluding carboxylic acids is 1. The third-order valence-corrected chi connectivity index (χ3v) is 2.67. The van der Waals surface area contributed by atoms with Crippen LogP contribution in [-0.2, 0) is 4.79 Å². The lowest BCUT2D eigenvalue weighted by Crippen LogP contribution is -2.37. The number of nitrogens with two attached hydrogens (primary N) is 3. The summed E-state index contributed by atoms with van der Waals surface area (Å²) >= 11 is 0. The number of rotatable bonds is 4. The third kappa shape index (κ3) is 2.98. The second-order valence-corrected chi connectivity index (χ2v) is 4.04. The van der Waals surface area contributed by atoms with Gasteiger partial charge in [0.1, 0.15) is 6.17 Å². The Balaban J connectivity index is 2.92. The van der Waals surface area contributed by atoms with Gasteiger partial charge in [-0.25, -0.2) is 0 Å². The van der Waals surface area contributed by atoms with Gasteiger partial charge < -0.3 is 22.5 Å². The van der Waals surface area contributed by atoms with Gasteiger partial charge in [0.05, 0.1) is 11.4 Å². The quantitative estimate of drug-likeness (QED) is 0.348. The van der Waals surface area contributed by atoms with Crippen LogP contribution in [-0.4, -0.2) is 12.1 Å². The van der Waals surface area contributed by atoms with Crippen LogP contribution in [0.5, 0.6) is 0 Å². The molecule has 0 aliphatic carbocycles. The molecular formula is C12H18N4O. The summed E-state index contributed by atoms with van der Waals surface area (Å²) in [6.07, 6.45) is -0.739. The van der Waals surface area contributed by atoms with Crippen molar-refractivity contribution in [3.05, 3.63) is 35.4 Å². The van der Waals surface area contributed by atoms with Crippen molar-refractivity contribution in [3.8, 4) is 0 Å². The van der Waals surface area contributed by atoms with E-state index in [-0.39, 0.29) is 5.57 Å². The molecule has 5 nitrogen and oxygen atoms in total. The first-order chi connectivity index (χ1) is 7.82. The van der Waals surface area contributed by atoms with Crippen LogP contribution in [0, 0.1) is 13.8 Å². The number of nitrogen functional groups attached to an aromatic ring is 1. The molecule has 0 aliphatic rings. The Morgan fingerprint density at radius 3 is 2.41 bits per heavy atom. The van der Waals surface area contributed by atoms with Gasteiger partial charge in [-0.1, -0.05) is 6.58 Å². The lowest BCUT2D eigenvalue weighted by molar-refractivity contribution is -0.114. The number of amides is 1. The van der Waals surface area contributed by atoms with Crippen molar-refractivity contribution in [3.63, 3.8) is 0 Å². The molecule has 1 aromatic carbocycles. The minimum atomic E-state index is -0.739. The van der Waals surface area contributed by atoms with Crippen LogP contribution < -0.4 is 22.5 Å². The van der Waals surface area contributed by atoms with E-state index in [1.807, 2.05) is 26.0 Å². The first-order valence-corrected chi connectivity index (χ1v) is 5.20. The van der Waals surface area contributed by atoms with Crippen molar-refractivity contribution in [1.82, 2.24) is 0 Å². The van der Waals surface area contributed by atoms with Crippen molar-refractivity contribution < 1.29 is 4.79 Å². The van der Waals surface area contributed by atoms with Gasteiger partial charge in [-0.15, -0.1) is 0 Å². The summed E-state index contributed by atoms with van der Waals surface area (Å²) in [7, 11) is 0. The topological polar surface area (TPSA) is 107 Å². The van der Waals surface area contributed by atoms with Crippen LogP contribution in [0.3, 0.4) is 0 Å². The molecule has 0 saturated heterocycles. The van der Waals surface area contributed by atoms with E-state index in [0.29, 0.717) is 11.4 Å². The van der Waals surface area contributed by atoms with E-state index in [4.69, 9.17) is 17.2 Å². The van der Waals surface area contributed by atoms with E-state index in [1.54, 1.807) is 0 Å². The highest BCUT2D eigenvalue weighted by atomic mass is 16.1. The molecule has 92 valence electrons. The smallest absolute Gasteiger partial charge is 0.247 e. The molecule has 0 saturated carbocycles. The monoisotopic (exact) mass is 234 g/mol. The standard InChI is InChI=1S/C12H18N4O/c1-6-4-9(13)10(5-7(6)2)16-11(14)8(3)12(15)17/h4-5,11,16H,3,13-14H2,1-2H3,(H2,15,17)/t11-/m1/s1. The SMILES string of the molecule is C=C(C(N)=O)[C@H](N)Nc1cc(C)c(C)cc1N. The molecular weight excluding hydrogens is 216 g/mol. The van der Waals surface area contributed by atoms with Crippen LogP contribution in [0.1, 0.15) is 11.1 Å². The molecule has 0 radical (unpaired) electrons. The molecule has 0 spiro atoms. The average Bonchev–Trinajstić information content (AvgIpc) is 2.24. The molecule has 0 aromatic heterocycles. The van der Waals surface area contributed by atoms with E-state index in [9.17, 15) is 4.79 Å². The first-order valence-electron chi connectivity index (χ1n) is 5.20. The summed E-state index contributed by atoms with van der Waals surface area (Å²) in [4.78, 5) is 10.9. The molecule has 0 aliphatic heterocycles. The van der Waals surface area contributed by atoms with E-state index in [1.165, 1.54) is 0 Å². The second kappa shape index (κ2) is 4.88. The summed E-state index contributed by atoms with van der Waals surface area (Å²) in [5.41, 5.74) is 20.2. The Hall–Kier alpha value is -2.01. The molecule has 17 heavy (non-hydrogen) atoms. The minimum absolute atomic E-state index is 0.114. The molecule has 7 N–H and O–H groups in total. The molecule has 0 fully saturated rings. The highest BCUT2D eigenvalue weighted by molar-refractivity contribution is 5.93. The highest BCUT2D eigenvalue weighted by Crippen LogP contribution is 2.23. The van der Waals surface area contributed by atoms with Crippen LogP contribution in [0.15, 0.2) is 24.3 Å². The summed E-state index contributed by atoms with van der Waals surface area (Å²) < 4.78 is 0. The number of carbonyl (C=O) groups is 1. The van der Waals surface area contributed by atoms with Crippen LogP contribution in [0.25, 0.3) is 0 Å². The average molecular weight is 234 g/mol. The first kappa shape index (κ1) is 13.1. The number of primary amides is 1. The minimum Gasteiger partial charge on any atom is -0.397 e. The van der Waals surface area contributed by atoms with E-state index in [2.05, 4.69) is 11.9 Å². The van der Waals surface area contributed by atoms with E-state index < -0.39 is 12.1 Å². The molecule has 1 aromatic rings. The second-order valence-electron chi connectivity index (χ2n) is 4.04. The van der Waals surface area contributed by atoms with Gasteiger partial charge in [0.2, 0.25) is 5.91 Å². The van der Waals surface area contributed by atoms with Crippen LogP contribution in [0.2, 0.25) is 0 Å². The molecule has 1 atom stereocenters. The lowest BCUT2D eigenvalue weighted by atomic mass is 10.1. The van der Waals surface area contributed by atoms with Gasteiger partial charge in [-0.05, 0) is 37.1 Å². The van der Waals surface area contributed by atoms with Gasteiger partial charge >= 0.3 is 0 Å². The zero-order chi connectivity index (χ0) is 13.2. The molecule has 1 amide bonds. The summed E-state index contributed by atoms with van der Waals surface area (Å²) in [5.74, 6) is -0.632. The highest BCUT2D eigenvalue weighted by Gasteiger charge is 2.13. The summed E-state index contributed by atoms with van der Waals surface area (Å²) in [6, 6.07) is 3.72. The fourth-order valence-corrected chi connectivity index (χ4v) is 1.37. The Bertz CT molecular complexity index is 468. The van der Waals surface area contributed by atoms with Crippen molar-refractivity contribution >= 4 is 17.3 Å². The predicted octanol–water partition coefficient (Wildman–Crippen LogP) is 0.624. The zero-order valence-corrected chi connectivity index (χ0v) is 10.1. The maximum absolute atomic E-state index is 10.9. The van der Waals surface area contributed by atoms with Gasteiger partial charge in [0.15, 0.2) is 0 Å². The number of hydrogen-bond donors (Lipinski definition) is 4.